The maximum Gasteiger partial charge on any atom is 0.168 e. The number of hydrogen-bond acceptors (Lipinski definition) is 3. The van der Waals surface area contributed by atoms with Crippen molar-refractivity contribution in [3.8, 4) is 0 Å². The zero-order chi connectivity index (χ0) is 10.2. The molecular formula is C11H20O3. The zero-order valence-corrected chi connectivity index (χ0v) is 9.08. The minimum absolute atomic E-state index is 0.391. The van der Waals surface area contributed by atoms with Gasteiger partial charge in [0.1, 0.15) is 0 Å². The van der Waals surface area contributed by atoms with Gasteiger partial charge in [0.2, 0.25) is 0 Å². The van der Waals surface area contributed by atoms with Crippen LogP contribution in [0.1, 0.15) is 39.5 Å². The Balaban J connectivity index is 1.84. The maximum absolute atomic E-state index is 9.96. The van der Waals surface area contributed by atoms with Crippen molar-refractivity contribution in [3.05, 3.63) is 0 Å². The molecule has 0 bridgehead atoms. The molecule has 2 atom stereocenters. The van der Waals surface area contributed by atoms with Crippen LogP contribution in [0.25, 0.3) is 0 Å². The van der Waals surface area contributed by atoms with Gasteiger partial charge < -0.3 is 14.6 Å². The summed E-state index contributed by atoms with van der Waals surface area (Å²) in [5.41, 5.74) is -0.419. The minimum atomic E-state index is -0.419. The normalized spacial score (nSPS) is 40.1. The molecule has 2 aliphatic rings. The van der Waals surface area contributed by atoms with E-state index in [-0.39, 0.29) is 0 Å². The van der Waals surface area contributed by atoms with Crippen molar-refractivity contribution in [2.24, 2.45) is 5.92 Å². The van der Waals surface area contributed by atoms with Crippen molar-refractivity contribution in [3.63, 3.8) is 0 Å². The van der Waals surface area contributed by atoms with Gasteiger partial charge in [-0.2, -0.15) is 0 Å². The molecular weight excluding hydrogens is 180 g/mol. The topological polar surface area (TPSA) is 38.7 Å². The van der Waals surface area contributed by atoms with E-state index in [9.17, 15) is 5.11 Å². The Bertz CT molecular complexity index is 211. The van der Waals surface area contributed by atoms with Crippen LogP contribution in [0.15, 0.2) is 0 Å². The molecule has 1 heterocycles. The van der Waals surface area contributed by atoms with E-state index in [4.69, 9.17) is 9.47 Å². The van der Waals surface area contributed by atoms with E-state index < -0.39 is 11.4 Å². The van der Waals surface area contributed by atoms with Crippen LogP contribution in [-0.4, -0.2) is 29.7 Å². The Morgan fingerprint density at radius 1 is 1.29 bits per heavy atom. The highest BCUT2D eigenvalue weighted by molar-refractivity contribution is 5.01. The standard InChI is InChI=1S/C11H20O3/c1-3-11(13-6-7-14-11)5-4-10(12)8-9(10)2/h9,12H,3-8H2,1-2H3. The van der Waals surface area contributed by atoms with E-state index in [1.54, 1.807) is 0 Å². The van der Waals surface area contributed by atoms with Crippen LogP contribution in [-0.2, 0) is 9.47 Å². The first-order valence-electron chi connectivity index (χ1n) is 5.60. The number of hydrogen-bond donors (Lipinski definition) is 1. The second-order valence-corrected chi connectivity index (χ2v) is 4.67. The molecule has 1 saturated heterocycles. The highest BCUT2D eigenvalue weighted by Crippen LogP contribution is 2.48. The molecule has 1 saturated carbocycles. The van der Waals surface area contributed by atoms with Crippen molar-refractivity contribution in [2.75, 3.05) is 13.2 Å². The molecule has 14 heavy (non-hydrogen) atoms. The molecule has 3 nitrogen and oxygen atoms in total. The lowest BCUT2D eigenvalue weighted by atomic mass is 10.0. The van der Waals surface area contributed by atoms with Gasteiger partial charge in [0.15, 0.2) is 5.79 Å². The average Bonchev–Trinajstić information content (AvgIpc) is 2.66. The lowest BCUT2D eigenvalue weighted by molar-refractivity contribution is -0.169. The van der Waals surface area contributed by atoms with Gasteiger partial charge in [-0.05, 0) is 25.2 Å². The molecule has 1 N–H and O–H groups in total. The molecule has 3 heteroatoms. The first kappa shape index (κ1) is 10.4. The van der Waals surface area contributed by atoms with Gasteiger partial charge in [0.25, 0.3) is 0 Å². The van der Waals surface area contributed by atoms with Crippen LogP contribution in [0, 0.1) is 5.92 Å². The lowest BCUT2D eigenvalue weighted by Gasteiger charge is -2.27. The van der Waals surface area contributed by atoms with Gasteiger partial charge in [0.05, 0.1) is 18.8 Å². The SMILES string of the molecule is CCC1(CCC2(O)CC2C)OCCO1. The highest BCUT2D eigenvalue weighted by Gasteiger charge is 2.50. The largest absolute Gasteiger partial charge is 0.390 e. The van der Waals surface area contributed by atoms with Crippen LogP contribution < -0.4 is 0 Å². The number of rotatable bonds is 4. The third kappa shape index (κ3) is 1.81. The Morgan fingerprint density at radius 3 is 2.29 bits per heavy atom. The summed E-state index contributed by atoms with van der Waals surface area (Å²) in [6, 6.07) is 0. The summed E-state index contributed by atoms with van der Waals surface area (Å²) in [6.07, 6.45) is 3.44. The fraction of sp³-hybridized carbons (Fsp3) is 1.00. The molecule has 1 aliphatic heterocycles. The molecule has 2 unspecified atom stereocenters. The first-order valence-corrected chi connectivity index (χ1v) is 5.60. The fourth-order valence-corrected chi connectivity index (χ4v) is 2.25. The quantitative estimate of drug-likeness (QED) is 0.750. The summed E-state index contributed by atoms with van der Waals surface area (Å²) in [5, 5.41) is 9.96. The second kappa shape index (κ2) is 3.47. The van der Waals surface area contributed by atoms with Crippen LogP contribution in [0.5, 0.6) is 0 Å². The highest BCUT2D eigenvalue weighted by atomic mass is 16.7. The molecule has 0 aromatic heterocycles. The van der Waals surface area contributed by atoms with E-state index in [2.05, 4.69) is 13.8 Å². The summed E-state index contributed by atoms with van der Waals surface area (Å²) < 4.78 is 11.2. The van der Waals surface area contributed by atoms with E-state index in [0.717, 1.165) is 25.7 Å². The molecule has 0 spiro atoms. The molecule has 0 amide bonds. The van der Waals surface area contributed by atoms with Crippen molar-refractivity contribution in [1.29, 1.82) is 0 Å². The first-order chi connectivity index (χ1) is 6.60. The summed E-state index contributed by atoms with van der Waals surface area (Å²) in [6.45, 7) is 5.56. The van der Waals surface area contributed by atoms with Gasteiger partial charge in [0, 0.05) is 6.42 Å². The van der Waals surface area contributed by atoms with Gasteiger partial charge in [-0.1, -0.05) is 13.8 Å². The number of ether oxygens (including phenoxy) is 2. The molecule has 0 aromatic rings. The smallest absolute Gasteiger partial charge is 0.168 e. The van der Waals surface area contributed by atoms with E-state index in [1.807, 2.05) is 0 Å². The van der Waals surface area contributed by atoms with Crippen LogP contribution in [0.2, 0.25) is 0 Å². The summed E-state index contributed by atoms with van der Waals surface area (Å²) in [5.74, 6) is 0.0655. The summed E-state index contributed by atoms with van der Waals surface area (Å²) in [4.78, 5) is 0. The van der Waals surface area contributed by atoms with Gasteiger partial charge in [-0.15, -0.1) is 0 Å². The van der Waals surface area contributed by atoms with Crippen molar-refractivity contribution in [1.82, 2.24) is 0 Å². The second-order valence-electron chi connectivity index (χ2n) is 4.67. The van der Waals surface area contributed by atoms with Crippen LogP contribution in [0.3, 0.4) is 0 Å². The molecule has 2 rings (SSSR count). The summed E-state index contributed by atoms with van der Waals surface area (Å²) >= 11 is 0. The van der Waals surface area contributed by atoms with Gasteiger partial charge in [-0.3, -0.25) is 0 Å². The van der Waals surface area contributed by atoms with E-state index in [0.29, 0.717) is 19.1 Å². The average molecular weight is 200 g/mol. The van der Waals surface area contributed by atoms with Crippen molar-refractivity contribution < 1.29 is 14.6 Å². The Hall–Kier alpha value is -0.120. The zero-order valence-electron chi connectivity index (χ0n) is 9.08. The minimum Gasteiger partial charge on any atom is -0.390 e. The Morgan fingerprint density at radius 2 is 1.86 bits per heavy atom. The molecule has 2 fully saturated rings. The van der Waals surface area contributed by atoms with Crippen LogP contribution in [0.4, 0.5) is 0 Å². The predicted molar refractivity (Wildman–Crippen MR) is 52.9 cm³/mol. The fourth-order valence-electron chi connectivity index (χ4n) is 2.25. The summed E-state index contributed by atoms with van der Waals surface area (Å²) in [7, 11) is 0. The maximum atomic E-state index is 9.96. The van der Waals surface area contributed by atoms with Gasteiger partial charge in [-0.25, -0.2) is 0 Å². The molecule has 0 radical (unpaired) electrons. The molecule has 82 valence electrons. The predicted octanol–water partition coefficient (Wildman–Crippen LogP) is 1.69. The number of aliphatic hydroxyl groups is 1. The third-order valence-corrected chi connectivity index (χ3v) is 3.71. The van der Waals surface area contributed by atoms with Crippen LogP contribution >= 0.6 is 0 Å². The lowest BCUT2D eigenvalue weighted by Crippen LogP contribution is -2.31. The van der Waals surface area contributed by atoms with Crippen molar-refractivity contribution in [2.45, 2.75) is 50.9 Å². The monoisotopic (exact) mass is 200 g/mol. The molecule has 0 aromatic carbocycles. The van der Waals surface area contributed by atoms with E-state index in [1.165, 1.54) is 0 Å². The van der Waals surface area contributed by atoms with E-state index >= 15 is 0 Å². The Labute approximate surface area is 85.4 Å². The third-order valence-electron chi connectivity index (χ3n) is 3.71. The Kier molecular flexibility index (Phi) is 2.58. The van der Waals surface area contributed by atoms with Gasteiger partial charge >= 0.3 is 0 Å². The van der Waals surface area contributed by atoms with Crippen molar-refractivity contribution >= 4 is 0 Å². The molecule has 1 aliphatic carbocycles.